The minimum atomic E-state index is -0.431. The molecule has 3 N–H and O–H groups in total. The summed E-state index contributed by atoms with van der Waals surface area (Å²) in [6, 6.07) is 11.9. The van der Waals surface area contributed by atoms with Crippen molar-refractivity contribution in [3.8, 4) is 0 Å². The first-order valence-electron chi connectivity index (χ1n) is 6.08. The van der Waals surface area contributed by atoms with Crippen LogP contribution in [0.15, 0.2) is 42.6 Å². The number of aliphatic hydroxyl groups is 1. The van der Waals surface area contributed by atoms with Crippen molar-refractivity contribution in [3.05, 3.63) is 59.3 Å². The van der Waals surface area contributed by atoms with Crippen LogP contribution in [-0.2, 0) is 12.8 Å². The Hall–Kier alpha value is -1.87. The molecule has 1 unspecified atom stereocenters. The molecule has 0 saturated heterocycles. The largest absolute Gasteiger partial charge is 0.392 e. The van der Waals surface area contributed by atoms with Gasteiger partial charge in [-0.25, -0.2) is 4.98 Å². The van der Waals surface area contributed by atoms with Gasteiger partial charge in [-0.2, -0.15) is 0 Å². The van der Waals surface area contributed by atoms with Gasteiger partial charge in [0.25, 0.3) is 0 Å². The Morgan fingerprint density at radius 3 is 2.56 bits per heavy atom. The van der Waals surface area contributed by atoms with Crippen molar-refractivity contribution >= 4 is 5.82 Å². The number of anilines is 1. The predicted octanol–water partition coefficient (Wildman–Crippen LogP) is 2.12. The van der Waals surface area contributed by atoms with Gasteiger partial charge in [0, 0.05) is 12.6 Å². The van der Waals surface area contributed by atoms with Gasteiger partial charge in [-0.1, -0.05) is 35.9 Å². The van der Waals surface area contributed by atoms with E-state index in [1.54, 1.807) is 6.20 Å². The molecule has 2 rings (SSSR count). The van der Waals surface area contributed by atoms with Crippen LogP contribution in [0.3, 0.4) is 0 Å². The number of hydrogen-bond acceptors (Lipinski definition) is 3. The minimum absolute atomic E-state index is 0.431. The van der Waals surface area contributed by atoms with E-state index < -0.39 is 6.10 Å². The lowest BCUT2D eigenvalue weighted by Gasteiger charge is -2.12. The molecule has 18 heavy (non-hydrogen) atoms. The number of aryl methyl sites for hydroxylation is 1. The number of nitrogens with two attached hydrogens (primary N) is 1. The number of benzene rings is 1. The smallest absolute Gasteiger partial charge is 0.126 e. The van der Waals surface area contributed by atoms with Crippen LogP contribution in [0.1, 0.15) is 16.7 Å². The average molecular weight is 242 g/mol. The van der Waals surface area contributed by atoms with Crippen LogP contribution in [0.2, 0.25) is 0 Å². The van der Waals surface area contributed by atoms with E-state index in [4.69, 9.17) is 5.73 Å². The lowest BCUT2D eigenvalue weighted by molar-refractivity contribution is 0.175. The molecule has 0 fully saturated rings. The third-order valence-corrected chi connectivity index (χ3v) is 2.97. The van der Waals surface area contributed by atoms with Crippen molar-refractivity contribution in [2.45, 2.75) is 25.9 Å². The van der Waals surface area contributed by atoms with Gasteiger partial charge in [0.1, 0.15) is 5.82 Å². The zero-order valence-electron chi connectivity index (χ0n) is 10.5. The number of nitrogens with zero attached hydrogens (tertiary/aromatic N) is 1. The summed E-state index contributed by atoms with van der Waals surface area (Å²) in [7, 11) is 0. The highest BCUT2D eigenvalue weighted by Gasteiger charge is 2.09. The highest BCUT2D eigenvalue weighted by Crippen LogP contribution is 2.13. The van der Waals surface area contributed by atoms with E-state index in [9.17, 15) is 5.11 Å². The molecule has 0 spiro atoms. The zero-order valence-corrected chi connectivity index (χ0v) is 10.5. The first-order chi connectivity index (χ1) is 8.65. The van der Waals surface area contributed by atoms with E-state index in [-0.39, 0.29) is 0 Å². The Morgan fingerprint density at radius 2 is 1.89 bits per heavy atom. The van der Waals surface area contributed by atoms with Crippen molar-refractivity contribution in [2.24, 2.45) is 0 Å². The minimum Gasteiger partial charge on any atom is -0.392 e. The molecule has 0 saturated carbocycles. The number of pyridine rings is 1. The second-order valence-corrected chi connectivity index (χ2v) is 4.60. The lowest BCUT2D eigenvalue weighted by Crippen LogP contribution is -2.15. The molecule has 0 aliphatic heterocycles. The van der Waals surface area contributed by atoms with Crippen LogP contribution in [0.25, 0.3) is 0 Å². The van der Waals surface area contributed by atoms with Crippen LogP contribution in [0, 0.1) is 6.92 Å². The number of rotatable bonds is 4. The van der Waals surface area contributed by atoms with Crippen molar-refractivity contribution in [2.75, 3.05) is 5.73 Å². The average Bonchev–Trinajstić information content (AvgIpc) is 2.35. The fourth-order valence-corrected chi connectivity index (χ4v) is 1.95. The maximum absolute atomic E-state index is 10.1. The van der Waals surface area contributed by atoms with E-state index in [0.717, 1.165) is 11.1 Å². The molecule has 2 aromatic rings. The first-order valence-corrected chi connectivity index (χ1v) is 6.08. The molecule has 0 amide bonds. The third-order valence-electron chi connectivity index (χ3n) is 2.97. The molecule has 1 heterocycles. The summed E-state index contributed by atoms with van der Waals surface area (Å²) < 4.78 is 0. The lowest BCUT2D eigenvalue weighted by atomic mass is 10.0. The van der Waals surface area contributed by atoms with E-state index in [2.05, 4.69) is 24.0 Å². The van der Waals surface area contributed by atoms with Gasteiger partial charge < -0.3 is 10.8 Å². The number of nitrogen functional groups attached to an aromatic ring is 1. The van der Waals surface area contributed by atoms with Crippen molar-refractivity contribution in [1.29, 1.82) is 0 Å². The normalized spacial score (nSPS) is 12.3. The summed E-state index contributed by atoms with van der Waals surface area (Å²) in [6.07, 6.45) is 2.40. The van der Waals surface area contributed by atoms with Gasteiger partial charge in [0.15, 0.2) is 0 Å². The molecule has 1 aromatic carbocycles. The maximum Gasteiger partial charge on any atom is 0.126 e. The van der Waals surface area contributed by atoms with Crippen LogP contribution in [-0.4, -0.2) is 16.2 Å². The third kappa shape index (κ3) is 3.31. The number of hydrogen-bond donors (Lipinski definition) is 2. The fourth-order valence-electron chi connectivity index (χ4n) is 1.95. The van der Waals surface area contributed by atoms with Crippen molar-refractivity contribution in [1.82, 2.24) is 4.98 Å². The molecule has 0 bridgehead atoms. The molecule has 1 aromatic heterocycles. The van der Waals surface area contributed by atoms with Gasteiger partial charge in [0.2, 0.25) is 0 Å². The van der Waals surface area contributed by atoms with Crippen LogP contribution < -0.4 is 5.73 Å². The van der Waals surface area contributed by atoms with E-state index in [1.165, 1.54) is 5.56 Å². The van der Waals surface area contributed by atoms with Gasteiger partial charge in [-0.15, -0.1) is 0 Å². The second kappa shape index (κ2) is 5.65. The summed E-state index contributed by atoms with van der Waals surface area (Å²) in [6.45, 7) is 2.05. The Labute approximate surface area is 107 Å². The topological polar surface area (TPSA) is 59.1 Å². The van der Waals surface area contributed by atoms with Crippen molar-refractivity contribution in [3.63, 3.8) is 0 Å². The summed E-state index contributed by atoms with van der Waals surface area (Å²) in [4.78, 5) is 4.02. The summed E-state index contributed by atoms with van der Waals surface area (Å²) in [5.74, 6) is 0.500. The molecule has 94 valence electrons. The Bertz CT molecular complexity index is 508. The van der Waals surface area contributed by atoms with Crippen LogP contribution in [0.4, 0.5) is 5.82 Å². The maximum atomic E-state index is 10.1. The van der Waals surface area contributed by atoms with Gasteiger partial charge in [0.05, 0.1) is 6.10 Å². The quantitative estimate of drug-likeness (QED) is 0.863. The number of aromatic nitrogens is 1. The molecule has 0 aliphatic carbocycles. The molecule has 1 atom stereocenters. The number of aliphatic hydroxyl groups excluding tert-OH is 1. The Kier molecular flexibility index (Phi) is 3.95. The Morgan fingerprint density at radius 1 is 1.17 bits per heavy atom. The van der Waals surface area contributed by atoms with E-state index >= 15 is 0 Å². The molecular weight excluding hydrogens is 224 g/mol. The monoisotopic (exact) mass is 242 g/mol. The Balaban J connectivity index is 1.99. The van der Waals surface area contributed by atoms with Gasteiger partial charge in [-0.3, -0.25) is 0 Å². The molecular formula is C15H18N2O. The molecule has 0 aliphatic rings. The summed E-state index contributed by atoms with van der Waals surface area (Å²) in [5.41, 5.74) is 9.02. The van der Waals surface area contributed by atoms with Crippen molar-refractivity contribution < 1.29 is 5.11 Å². The first kappa shape index (κ1) is 12.6. The summed E-state index contributed by atoms with van der Waals surface area (Å²) >= 11 is 0. The standard InChI is InChI=1S/C15H18N2O/c1-11-4-6-12(7-5-11)9-14(18)10-13-3-2-8-17-15(13)16/h2-8,14,18H,9-10H2,1H3,(H2,16,17). The van der Waals surface area contributed by atoms with Gasteiger partial charge in [-0.05, 0) is 30.5 Å². The molecule has 3 nitrogen and oxygen atoms in total. The van der Waals surface area contributed by atoms with Gasteiger partial charge >= 0.3 is 0 Å². The second-order valence-electron chi connectivity index (χ2n) is 4.60. The molecule has 3 heteroatoms. The van der Waals surface area contributed by atoms with E-state index in [0.29, 0.717) is 18.7 Å². The van der Waals surface area contributed by atoms with Crippen LogP contribution >= 0.6 is 0 Å². The summed E-state index contributed by atoms with van der Waals surface area (Å²) in [5, 5.41) is 10.1. The zero-order chi connectivity index (χ0) is 13.0. The SMILES string of the molecule is Cc1ccc(CC(O)Cc2cccnc2N)cc1. The predicted molar refractivity (Wildman–Crippen MR) is 73.2 cm³/mol. The van der Waals surface area contributed by atoms with Crippen LogP contribution in [0.5, 0.6) is 0 Å². The molecule has 0 radical (unpaired) electrons. The van der Waals surface area contributed by atoms with E-state index in [1.807, 2.05) is 24.3 Å². The highest BCUT2D eigenvalue weighted by molar-refractivity contribution is 5.38. The highest BCUT2D eigenvalue weighted by atomic mass is 16.3. The fraction of sp³-hybridized carbons (Fsp3) is 0.267.